The van der Waals surface area contributed by atoms with Crippen molar-refractivity contribution in [1.29, 1.82) is 0 Å². The third-order valence-corrected chi connectivity index (χ3v) is 11.6. The molecule has 6 aromatic rings. The molecule has 0 fully saturated rings. The monoisotopic (exact) mass is 843 g/mol. The Kier molecular flexibility index (Phi) is 11.7. The second-order valence-corrected chi connectivity index (χ2v) is 15.5. The first-order chi connectivity index (χ1) is 29.0. The van der Waals surface area contributed by atoms with E-state index in [-0.39, 0.29) is 31.7 Å². The lowest BCUT2D eigenvalue weighted by molar-refractivity contribution is -0.142. The molecule has 0 radical (unpaired) electrons. The summed E-state index contributed by atoms with van der Waals surface area (Å²) in [5, 5.41) is 13.9. The van der Waals surface area contributed by atoms with Crippen molar-refractivity contribution >= 4 is 41.0 Å². The second-order valence-electron chi connectivity index (χ2n) is 14.7. The Morgan fingerprint density at radius 1 is 0.883 bits per heavy atom. The zero-order valence-electron chi connectivity index (χ0n) is 32.6. The molecule has 2 N–H and O–H groups in total. The summed E-state index contributed by atoms with van der Waals surface area (Å²) in [6, 6.07) is 23.7. The van der Waals surface area contributed by atoms with Crippen LogP contribution in [0, 0.1) is 13.8 Å². The summed E-state index contributed by atoms with van der Waals surface area (Å²) in [4.78, 5) is 54.7. The summed E-state index contributed by atoms with van der Waals surface area (Å²) in [6.45, 7) is 4.54. The molecule has 2 aromatic heterocycles. The maximum absolute atomic E-state index is 14.1. The van der Waals surface area contributed by atoms with Gasteiger partial charge in [-0.1, -0.05) is 65.7 Å². The smallest absolute Gasteiger partial charge is 0.326 e. The van der Waals surface area contributed by atoms with E-state index in [2.05, 4.69) is 20.3 Å². The maximum Gasteiger partial charge on any atom is 0.326 e. The van der Waals surface area contributed by atoms with E-state index in [0.29, 0.717) is 33.9 Å². The van der Waals surface area contributed by atoms with Gasteiger partial charge in [0.25, 0.3) is 5.91 Å². The first-order valence-corrected chi connectivity index (χ1v) is 20.0. The van der Waals surface area contributed by atoms with Crippen LogP contribution < -0.4 is 19.5 Å². The molecule has 60 heavy (non-hydrogen) atoms. The number of benzene rings is 4. The largest absolute Gasteiger partial charge is 0.489 e. The number of hydrogen-bond donors (Lipinski definition) is 2. The zero-order valence-corrected chi connectivity index (χ0v) is 34.1. The number of carbonyl (C=O) groups excluding carboxylic acids is 2. The van der Waals surface area contributed by atoms with Crippen LogP contribution in [-0.4, -0.2) is 61.4 Å². The van der Waals surface area contributed by atoms with Gasteiger partial charge < -0.3 is 29.5 Å². The van der Waals surface area contributed by atoms with E-state index in [1.165, 1.54) is 23.5 Å². The Labute approximate surface area is 356 Å². The average molecular weight is 845 g/mol. The van der Waals surface area contributed by atoms with Gasteiger partial charge in [0, 0.05) is 43.7 Å². The lowest BCUT2D eigenvalue weighted by Crippen LogP contribution is -2.56. The number of carboxylic acids is 1. The molecule has 4 aromatic carbocycles. The molecule has 2 amide bonds. The first kappa shape index (κ1) is 40.3. The van der Waals surface area contributed by atoms with Crippen molar-refractivity contribution in [2.24, 2.45) is 0 Å². The molecule has 4 heterocycles. The number of aliphatic carboxylic acids is 1. The molecule has 2 aliphatic heterocycles. The number of fused-ring (bicyclic) bond motifs is 2. The zero-order chi connectivity index (χ0) is 41.9. The first-order valence-electron chi connectivity index (χ1n) is 19.2. The van der Waals surface area contributed by atoms with Crippen LogP contribution in [0.5, 0.6) is 17.2 Å². The van der Waals surface area contributed by atoms with Crippen molar-refractivity contribution in [1.82, 2.24) is 25.2 Å². The van der Waals surface area contributed by atoms with Gasteiger partial charge in [-0.25, -0.2) is 9.78 Å². The minimum absolute atomic E-state index is 0.0299. The molecule has 0 spiro atoms. The van der Waals surface area contributed by atoms with Crippen molar-refractivity contribution < 1.29 is 33.7 Å². The molecule has 2 aliphatic rings. The third-order valence-electron chi connectivity index (χ3n) is 10.8. The van der Waals surface area contributed by atoms with E-state index >= 15 is 0 Å². The minimum Gasteiger partial charge on any atom is -0.489 e. The van der Waals surface area contributed by atoms with E-state index in [9.17, 15) is 19.5 Å². The van der Waals surface area contributed by atoms with Crippen LogP contribution in [0.4, 0.5) is 0 Å². The average Bonchev–Trinajstić information content (AvgIpc) is 3.26. The van der Waals surface area contributed by atoms with E-state index in [1.54, 1.807) is 18.3 Å². The number of carbonyl (C=O) groups is 3. The predicted octanol–water partition coefficient (Wildman–Crippen LogP) is 7.93. The molecule has 12 nitrogen and oxygen atoms in total. The van der Waals surface area contributed by atoms with Crippen LogP contribution in [0.3, 0.4) is 0 Å². The van der Waals surface area contributed by atoms with Crippen LogP contribution in [0.1, 0.15) is 55.7 Å². The molecule has 0 saturated carbocycles. The Hall–Kier alpha value is -6.50. The number of aryl methyl sites for hydroxylation is 1. The van der Waals surface area contributed by atoms with Crippen LogP contribution in [0.2, 0.25) is 10.0 Å². The van der Waals surface area contributed by atoms with E-state index in [1.807, 2.05) is 86.6 Å². The summed E-state index contributed by atoms with van der Waals surface area (Å²) in [7, 11) is 0. The number of hydrogen-bond acceptors (Lipinski definition) is 9. The van der Waals surface area contributed by atoms with Crippen LogP contribution in [-0.2, 0) is 35.6 Å². The lowest BCUT2D eigenvalue weighted by Gasteiger charge is -2.37. The van der Waals surface area contributed by atoms with Gasteiger partial charge in [-0.15, -0.1) is 0 Å². The molecule has 0 aliphatic carbocycles. The maximum atomic E-state index is 14.1. The molecule has 3 atom stereocenters. The number of amides is 2. The molecule has 304 valence electrons. The van der Waals surface area contributed by atoms with Crippen LogP contribution in [0.25, 0.3) is 11.1 Å². The molecule has 0 saturated heterocycles. The number of ether oxygens (including phenoxy) is 3. The van der Waals surface area contributed by atoms with Gasteiger partial charge in [0.15, 0.2) is 17.6 Å². The van der Waals surface area contributed by atoms with Crippen molar-refractivity contribution in [3.05, 3.63) is 165 Å². The normalized spacial score (nSPS) is 16.0. The van der Waals surface area contributed by atoms with E-state index in [0.717, 1.165) is 50.2 Å². The number of nitrogens with zero attached hydrogens (tertiary/aromatic N) is 4. The van der Waals surface area contributed by atoms with Crippen molar-refractivity contribution in [2.45, 2.75) is 58.0 Å². The highest BCUT2D eigenvalue weighted by atomic mass is 35.5. The summed E-state index contributed by atoms with van der Waals surface area (Å²) in [6.07, 6.45) is 5.66. The molecular weight excluding hydrogens is 805 g/mol. The SMILES string of the molecule is Cc1nccc(-c2ccc(CC(NC(=O)[C@@H]3Cc4cc5c(cc4CN3C(=O)c3cnccn3)O[C@@H](c3ccc(OCc4ccc(Cl)c(Cl)c4)cc3)CO5)C(=O)O)cc2)c1C. The van der Waals surface area contributed by atoms with Crippen molar-refractivity contribution in [3.8, 4) is 28.4 Å². The fourth-order valence-corrected chi connectivity index (χ4v) is 7.69. The Morgan fingerprint density at radius 2 is 1.65 bits per heavy atom. The minimum atomic E-state index is -1.26. The second kappa shape index (κ2) is 17.4. The fraction of sp³-hybridized carbons (Fsp3) is 0.217. The Bertz CT molecular complexity index is 2570. The summed E-state index contributed by atoms with van der Waals surface area (Å²) in [5.41, 5.74) is 8.06. The van der Waals surface area contributed by atoms with Gasteiger partial charge >= 0.3 is 5.97 Å². The Morgan fingerprint density at radius 3 is 2.38 bits per heavy atom. The van der Waals surface area contributed by atoms with Crippen LogP contribution >= 0.6 is 23.2 Å². The summed E-state index contributed by atoms with van der Waals surface area (Å²) < 4.78 is 18.6. The molecule has 14 heteroatoms. The lowest BCUT2D eigenvalue weighted by atomic mass is 9.91. The van der Waals surface area contributed by atoms with Gasteiger partial charge in [-0.2, -0.15) is 0 Å². The topological polar surface area (TPSA) is 153 Å². The third kappa shape index (κ3) is 8.75. The van der Waals surface area contributed by atoms with Crippen LogP contribution in [0.15, 0.2) is 110 Å². The number of rotatable bonds is 11. The molecule has 1 unspecified atom stereocenters. The van der Waals surface area contributed by atoms with Crippen molar-refractivity contribution in [3.63, 3.8) is 0 Å². The standard InChI is InChI=1S/C46H39Cl2N5O7/c1-26-27(2)50-14-13-35(26)30-6-3-28(4-7-30)18-38(46(56)57)52-44(54)40-19-32-20-41-42(21-33(32)23-53(40)45(55)39-22-49-15-16-51-39)60-43(25-59-41)31-8-10-34(11-9-31)58-24-29-5-12-36(47)37(48)17-29/h3-17,20-22,38,40,43H,18-19,23-25H2,1-2H3,(H,52,54)(H,56,57)/t38?,40-,43+/m0/s1. The highest BCUT2D eigenvalue weighted by Gasteiger charge is 2.38. The van der Waals surface area contributed by atoms with Gasteiger partial charge in [0.05, 0.1) is 16.2 Å². The predicted molar refractivity (Wildman–Crippen MR) is 224 cm³/mol. The summed E-state index contributed by atoms with van der Waals surface area (Å²) in [5.74, 6) is -0.667. The van der Waals surface area contributed by atoms with Gasteiger partial charge in [0.1, 0.15) is 36.7 Å². The number of pyridine rings is 1. The molecule has 8 rings (SSSR count). The van der Waals surface area contributed by atoms with Gasteiger partial charge in [-0.05, 0) is 101 Å². The van der Waals surface area contributed by atoms with E-state index < -0.39 is 36.0 Å². The fourth-order valence-electron chi connectivity index (χ4n) is 7.37. The van der Waals surface area contributed by atoms with E-state index in [4.69, 9.17) is 37.4 Å². The van der Waals surface area contributed by atoms with Gasteiger partial charge in [0.2, 0.25) is 5.91 Å². The summed E-state index contributed by atoms with van der Waals surface area (Å²) >= 11 is 12.2. The number of halogens is 2. The number of aromatic nitrogens is 3. The highest BCUT2D eigenvalue weighted by molar-refractivity contribution is 6.42. The Balaban J connectivity index is 0.981. The van der Waals surface area contributed by atoms with Crippen molar-refractivity contribution in [2.75, 3.05) is 6.61 Å². The number of carboxylic acid groups (broad SMARTS) is 1. The number of nitrogens with one attached hydrogen (secondary N) is 1. The highest BCUT2D eigenvalue weighted by Crippen LogP contribution is 2.41. The molecular formula is C46H39Cl2N5O7. The molecule has 0 bridgehead atoms. The van der Waals surface area contributed by atoms with Gasteiger partial charge in [-0.3, -0.25) is 19.6 Å². The quantitative estimate of drug-likeness (QED) is 0.132.